The monoisotopic (exact) mass is 462 g/mol. The Bertz CT molecular complexity index is 1020. The van der Waals surface area contributed by atoms with Gasteiger partial charge in [0.25, 0.3) is 0 Å². The van der Waals surface area contributed by atoms with Gasteiger partial charge in [-0.3, -0.25) is 19.9 Å². The average Bonchev–Trinajstić information content (AvgIpc) is 2.93. The van der Waals surface area contributed by atoms with E-state index in [1.807, 2.05) is 0 Å². The molecule has 0 radical (unpaired) electrons. The zero-order valence-corrected chi connectivity index (χ0v) is 18.1. The second-order valence-corrected chi connectivity index (χ2v) is 8.50. The van der Waals surface area contributed by atoms with E-state index in [1.54, 1.807) is 48.5 Å². The number of anilines is 2. The second kappa shape index (κ2) is 8.36. The van der Waals surface area contributed by atoms with Crippen LogP contribution in [0.3, 0.4) is 0 Å². The molecule has 0 N–H and O–H groups in total. The van der Waals surface area contributed by atoms with Gasteiger partial charge in [-0.15, -0.1) is 0 Å². The molecule has 8 nitrogen and oxygen atoms in total. The zero-order valence-electron chi connectivity index (χ0n) is 16.5. The predicted molar refractivity (Wildman–Crippen MR) is 118 cm³/mol. The Kier molecular flexibility index (Phi) is 5.77. The maximum atomic E-state index is 13.8. The van der Waals surface area contributed by atoms with Crippen molar-refractivity contribution in [3.8, 4) is 0 Å². The van der Waals surface area contributed by atoms with Gasteiger partial charge >= 0.3 is 12.1 Å². The first-order valence-electron chi connectivity index (χ1n) is 9.92. The normalized spacial score (nSPS) is 21.7. The summed E-state index contributed by atoms with van der Waals surface area (Å²) in [5.74, 6) is 0. The van der Waals surface area contributed by atoms with Gasteiger partial charge in [-0.2, -0.15) is 0 Å². The molecule has 0 bridgehead atoms. The molecular formula is C21H20Cl2N4O4. The van der Waals surface area contributed by atoms with Crippen molar-refractivity contribution in [3.05, 3.63) is 68.7 Å². The van der Waals surface area contributed by atoms with Crippen LogP contribution in [0.25, 0.3) is 0 Å². The number of amides is 4. The van der Waals surface area contributed by atoms with Gasteiger partial charge < -0.3 is 0 Å². The van der Waals surface area contributed by atoms with Gasteiger partial charge in [0, 0.05) is 27.2 Å². The number of fused-ring (bicyclic) bond motifs is 1. The molecule has 2 fully saturated rings. The molecule has 4 amide bonds. The summed E-state index contributed by atoms with van der Waals surface area (Å²) < 4.78 is 0. The van der Waals surface area contributed by atoms with Crippen LogP contribution in [-0.2, 0) is 0 Å². The summed E-state index contributed by atoms with van der Waals surface area (Å²) in [5.41, 5.74) is -0.614. The molecule has 0 unspecified atom stereocenters. The molecule has 2 aromatic rings. The van der Waals surface area contributed by atoms with E-state index in [4.69, 9.17) is 23.2 Å². The molecule has 10 heteroatoms. The minimum absolute atomic E-state index is 0.308. The number of nitro groups is 1. The van der Waals surface area contributed by atoms with Gasteiger partial charge in [-0.25, -0.2) is 14.5 Å². The van der Waals surface area contributed by atoms with Crippen LogP contribution < -0.4 is 9.80 Å². The van der Waals surface area contributed by atoms with Crippen LogP contribution in [0.15, 0.2) is 48.5 Å². The quantitative estimate of drug-likeness (QED) is 0.448. The summed E-state index contributed by atoms with van der Waals surface area (Å²) in [6.45, 7) is -0.254. The van der Waals surface area contributed by atoms with Crippen LogP contribution in [-0.4, -0.2) is 40.6 Å². The van der Waals surface area contributed by atoms with Crippen molar-refractivity contribution < 1.29 is 14.5 Å². The minimum atomic E-state index is -1.40. The number of rotatable bonds is 4. The highest BCUT2D eigenvalue weighted by Crippen LogP contribution is 2.41. The Morgan fingerprint density at radius 2 is 1.45 bits per heavy atom. The second-order valence-electron chi connectivity index (χ2n) is 7.62. The number of nitrogens with zero attached hydrogens (tertiary/aromatic N) is 4. The van der Waals surface area contributed by atoms with E-state index in [0.29, 0.717) is 47.2 Å². The fourth-order valence-corrected chi connectivity index (χ4v) is 4.63. The molecule has 2 heterocycles. The molecule has 0 saturated carbocycles. The Balaban J connectivity index is 1.91. The van der Waals surface area contributed by atoms with Gasteiger partial charge in [-0.1, -0.05) is 29.6 Å². The number of urea groups is 2. The molecular weight excluding hydrogens is 443 g/mol. The highest BCUT2D eigenvalue weighted by molar-refractivity contribution is 6.31. The van der Waals surface area contributed by atoms with Crippen molar-refractivity contribution in [3.63, 3.8) is 0 Å². The summed E-state index contributed by atoms with van der Waals surface area (Å²) in [6.07, 6.45) is 2.48. The Morgan fingerprint density at radius 1 is 0.871 bits per heavy atom. The maximum Gasteiger partial charge on any atom is 0.339 e. The van der Waals surface area contributed by atoms with E-state index in [2.05, 4.69) is 0 Å². The summed E-state index contributed by atoms with van der Waals surface area (Å²) >= 11 is 12.0. The molecule has 4 rings (SSSR count). The van der Waals surface area contributed by atoms with Crippen LogP contribution in [0.2, 0.25) is 10.0 Å². The first-order chi connectivity index (χ1) is 14.8. The molecule has 2 aliphatic heterocycles. The van der Waals surface area contributed by atoms with E-state index in [-0.39, 0.29) is 0 Å². The number of halogens is 2. The number of carbonyl (C=O) groups excluding carboxylic acids is 2. The smallest absolute Gasteiger partial charge is 0.294 e. The lowest BCUT2D eigenvalue weighted by Gasteiger charge is -2.53. The van der Waals surface area contributed by atoms with Gasteiger partial charge in [0.1, 0.15) is 0 Å². The third-order valence-corrected chi connectivity index (χ3v) is 6.24. The molecule has 0 spiro atoms. The average molecular weight is 463 g/mol. The SMILES string of the molecule is O=C1N(c2ccc(Cl)cc2)C(=O)N(c2ccc(Cl)cc2)[C@@]2(C[N+](=O)[O-])CCCCCN12. The molecule has 2 saturated heterocycles. The van der Waals surface area contributed by atoms with Crippen molar-refractivity contribution in [2.75, 3.05) is 22.9 Å². The Hall–Kier alpha value is -2.84. The lowest BCUT2D eigenvalue weighted by molar-refractivity contribution is -0.494. The summed E-state index contributed by atoms with van der Waals surface area (Å²) in [5, 5.41) is 12.7. The lowest BCUT2D eigenvalue weighted by atomic mass is 9.97. The van der Waals surface area contributed by atoms with Crippen molar-refractivity contribution in [2.45, 2.75) is 31.3 Å². The van der Waals surface area contributed by atoms with Gasteiger partial charge in [-0.05, 0) is 67.8 Å². The zero-order chi connectivity index (χ0) is 22.2. The van der Waals surface area contributed by atoms with E-state index in [1.165, 1.54) is 9.80 Å². The minimum Gasteiger partial charge on any atom is -0.294 e. The van der Waals surface area contributed by atoms with Gasteiger partial charge in [0.05, 0.1) is 5.69 Å². The van der Waals surface area contributed by atoms with Crippen molar-refractivity contribution >= 4 is 46.6 Å². The van der Waals surface area contributed by atoms with E-state index in [9.17, 15) is 19.7 Å². The molecule has 1 atom stereocenters. The number of hydrogen-bond acceptors (Lipinski definition) is 4. The van der Waals surface area contributed by atoms with Crippen molar-refractivity contribution in [2.24, 2.45) is 0 Å². The van der Waals surface area contributed by atoms with Crippen LogP contribution >= 0.6 is 23.2 Å². The van der Waals surface area contributed by atoms with Gasteiger partial charge in [0.15, 0.2) is 5.66 Å². The van der Waals surface area contributed by atoms with Gasteiger partial charge in [0.2, 0.25) is 6.54 Å². The molecule has 162 valence electrons. The summed E-state index contributed by atoms with van der Waals surface area (Å²) in [6, 6.07) is 11.6. The van der Waals surface area contributed by atoms with E-state index in [0.717, 1.165) is 11.3 Å². The van der Waals surface area contributed by atoms with Crippen LogP contribution in [0.4, 0.5) is 21.0 Å². The number of imide groups is 1. The molecule has 2 aliphatic rings. The van der Waals surface area contributed by atoms with Crippen molar-refractivity contribution in [1.82, 2.24) is 4.90 Å². The van der Waals surface area contributed by atoms with E-state index >= 15 is 0 Å². The Labute approximate surface area is 189 Å². The van der Waals surface area contributed by atoms with Crippen molar-refractivity contribution in [1.29, 1.82) is 0 Å². The molecule has 0 aromatic heterocycles. The Morgan fingerprint density at radius 3 is 2.03 bits per heavy atom. The van der Waals surface area contributed by atoms with Crippen LogP contribution in [0, 0.1) is 10.1 Å². The first-order valence-corrected chi connectivity index (χ1v) is 10.7. The van der Waals surface area contributed by atoms with Crippen LogP contribution in [0.5, 0.6) is 0 Å². The predicted octanol–water partition coefficient (Wildman–Crippen LogP) is 5.41. The number of hydrogen-bond donors (Lipinski definition) is 0. The summed E-state index contributed by atoms with van der Waals surface area (Å²) in [7, 11) is 0. The fraction of sp³-hybridized carbons (Fsp3) is 0.333. The highest BCUT2D eigenvalue weighted by Gasteiger charge is 2.58. The van der Waals surface area contributed by atoms with Crippen LogP contribution in [0.1, 0.15) is 25.7 Å². The number of carbonyl (C=O) groups is 2. The third-order valence-electron chi connectivity index (χ3n) is 5.73. The number of benzene rings is 2. The maximum absolute atomic E-state index is 13.8. The first kappa shape index (κ1) is 21.4. The topological polar surface area (TPSA) is 87.0 Å². The van der Waals surface area contributed by atoms with E-state index < -0.39 is 29.2 Å². The lowest BCUT2D eigenvalue weighted by Crippen LogP contribution is -2.76. The summed E-state index contributed by atoms with van der Waals surface area (Å²) in [4.78, 5) is 42.5. The molecule has 0 aliphatic carbocycles. The standard InChI is InChI=1S/C21H20Cl2N4O4/c22-15-4-8-17(9-5-15)26-19(28)24-13-3-1-2-12-21(24,14-25(30)31)27(20(26)29)18-10-6-16(23)7-11-18/h4-11H,1-3,12-14H2/t21-/m1/s1. The molecule has 2 aromatic carbocycles. The highest BCUT2D eigenvalue weighted by atomic mass is 35.5. The third kappa shape index (κ3) is 3.81. The fourth-order valence-electron chi connectivity index (χ4n) is 4.38. The largest absolute Gasteiger partial charge is 0.339 e. The molecule has 31 heavy (non-hydrogen) atoms.